The van der Waals surface area contributed by atoms with Crippen LogP contribution in [0.4, 0.5) is 0 Å². The Morgan fingerprint density at radius 1 is 1.12 bits per heavy atom. The molecule has 2 heterocycles. The topological polar surface area (TPSA) is 71.1 Å². The molecule has 0 bridgehead atoms. The fourth-order valence-electron chi connectivity index (χ4n) is 3.22. The zero-order chi connectivity index (χ0) is 17.4. The molecule has 5 nitrogen and oxygen atoms in total. The van der Waals surface area contributed by atoms with Crippen molar-refractivity contribution < 1.29 is 8.42 Å². The van der Waals surface area contributed by atoms with Crippen molar-refractivity contribution in [2.75, 3.05) is 0 Å². The summed E-state index contributed by atoms with van der Waals surface area (Å²) in [5, 5.41) is 4.15. The molecule has 3 aromatic rings. The number of sulfonamides is 1. The highest BCUT2D eigenvalue weighted by atomic mass is 32.2. The molecule has 1 aromatic heterocycles. The zero-order valence-corrected chi connectivity index (χ0v) is 14.7. The molecule has 0 atom stereocenters. The summed E-state index contributed by atoms with van der Waals surface area (Å²) in [5.41, 5.74) is 4.98. The third-order valence-corrected chi connectivity index (χ3v) is 6.04. The first kappa shape index (κ1) is 16.2. The Morgan fingerprint density at radius 2 is 1.96 bits per heavy atom. The summed E-state index contributed by atoms with van der Waals surface area (Å²) in [6.07, 6.45) is 1.64. The minimum absolute atomic E-state index is 0.219. The van der Waals surface area contributed by atoms with Gasteiger partial charge in [0.05, 0.1) is 5.52 Å². The van der Waals surface area contributed by atoms with Gasteiger partial charge in [0.15, 0.2) is 0 Å². The number of aromatic nitrogens is 1. The molecular formula is C19H19N3O2S. The average molecular weight is 353 g/mol. The van der Waals surface area contributed by atoms with E-state index in [4.69, 9.17) is 0 Å². The van der Waals surface area contributed by atoms with E-state index in [9.17, 15) is 8.42 Å². The van der Waals surface area contributed by atoms with Gasteiger partial charge in [-0.15, -0.1) is 0 Å². The van der Waals surface area contributed by atoms with Crippen molar-refractivity contribution in [2.24, 2.45) is 0 Å². The van der Waals surface area contributed by atoms with Crippen LogP contribution in [0.3, 0.4) is 0 Å². The minimum Gasteiger partial charge on any atom is -0.309 e. The van der Waals surface area contributed by atoms with Crippen LogP contribution >= 0.6 is 0 Å². The van der Waals surface area contributed by atoms with Crippen LogP contribution in [-0.4, -0.2) is 13.4 Å². The van der Waals surface area contributed by atoms with E-state index in [1.807, 2.05) is 25.1 Å². The summed E-state index contributed by atoms with van der Waals surface area (Å²) < 4.78 is 28.3. The number of nitrogens with zero attached hydrogens (tertiary/aromatic N) is 1. The first-order valence-corrected chi connectivity index (χ1v) is 9.68. The predicted octanol–water partition coefficient (Wildman–Crippen LogP) is 2.62. The number of aryl methyl sites for hydroxylation is 1. The van der Waals surface area contributed by atoms with Crippen molar-refractivity contribution in [3.63, 3.8) is 0 Å². The molecule has 128 valence electrons. The number of nitrogens with one attached hydrogen (secondary N) is 2. The Bertz CT molecular complexity index is 1060. The van der Waals surface area contributed by atoms with E-state index in [1.165, 1.54) is 11.1 Å². The smallest absolute Gasteiger partial charge is 0.243 e. The Balaban J connectivity index is 1.63. The second-order valence-electron chi connectivity index (χ2n) is 6.31. The second-order valence-corrected chi connectivity index (χ2v) is 8.05. The lowest BCUT2D eigenvalue weighted by atomic mass is 10.1. The van der Waals surface area contributed by atoms with E-state index < -0.39 is 10.0 Å². The Morgan fingerprint density at radius 3 is 2.84 bits per heavy atom. The van der Waals surface area contributed by atoms with Crippen LogP contribution in [0.2, 0.25) is 0 Å². The van der Waals surface area contributed by atoms with E-state index in [0.717, 1.165) is 29.6 Å². The molecule has 1 aliphatic rings. The van der Waals surface area contributed by atoms with Gasteiger partial charge in [0.25, 0.3) is 0 Å². The molecule has 1 aliphatic heterocycles. The van der Waals surface area contributed by atoms with Gasteiger partial charge >= 0.3 is 0 Å². The highest BCUT2D eigenvalue weighted by molar-refractivity contribution is 7.89. The molecule has 0 aliphatic carbocycles. The van der Waals surface area contributed by atoms with E-state index in [2.05, 4.69) is 27.2 Å². The minimum atomic E-state index is -3.64. The molecule has 0 saturated heterocycles. The van der Waals surface area contributed by atoms with E-state index in [-0.39, 0.29) is 11.4 Å². The molecule has 2 aromatic carbocycles. The number of hydrogen-bond donors (Lipinski definition) is 2. The maximum absolute atomic E-state index is 12.8. The van der Waals surface area contributed by atoms with Gasteiger partial charge in [-0.1, -0.05) is 30.3 Å². The number of rotatable bonds is 4. The SMILES string of the molecule is Cc1ccnc2c(S(=O)(=O)NCc3ccc4c(c3)CNC4)cccc12. The lowest BCUT2D eigenvalue weighted by Crippen LogP contribution is -2.23. The van der Waals surface area contributed by atoms with Crippen LogP contribution in [0.1, 0.15) is 22.3 Å². The lowest BCUT2D eigenvalue weighted by Gasteiger charge is -2.11. The number of pyridine rings is 1. The van der Waals surface area contributed by atoms with Crippen LogP contribution in [-0.2, 0) is 29.7 Å². The maximum Gasteiger partial charge on any atom is 0.243 e. The molecule has 0 saturated carbocycles. The van der Waals surface area contributed by atoms with Gasteiger partial charge in [0.1, 0.15) is 4.90 Å². The summed E-state index contributed by atoms with van der Waals surface area (Å²) in [4.78, 5) is 4.50. The highest BCUT2D eigenvalue weighted by Crippen LogP contribution is 2.23. The van der Waals surface area contributed by atoms with Crippen LogP contribution in [0.25, 0.3) is 10.9 Å². The molecule has 0 fully saturated rings. The number of para-hydroxylation sites is 1. The van der Waals surface area contributed by atoms with Crippen molar-refractivity contribution in [3.05, 3.63) is 70.9 Å². The van der Waals surface area contributed by atoms with Gasteiger partial charge in [-0.25, -0.2) is 13.1 Å². The summed E-state index contributed by atoms with van der Waals surface area (Å²) in [5.74, 6) is 0. The van der Waals surface area contributed by atoms with Gasteiger partial charge in [-0.05, 0) is 41.3 Å². The fourth-order valence-corrected chi connectivity index (χ4v) is 4.41. The summed E-state index contributed by atoms with van der Waals surface area (Å²) in [6.45, 7) is 3.93. The van der Waals surface area contributed by atoms with Gasteiger partial charge < -0.3 is 5.32 Å². The van der Waals surface area contributed by atoms with Crippen molar-refractivity contribution in [2.45, 2.75) is 31.5 Å². The van der Waals surface area contributed by atoms with Gasteiger partial charge in [0, 0.05) is 31.2 Å². The van der Waals surface area contributed by atoms with E-state index >= 15 is 0 Å². The third-order valence-electron chi connectivity index (χ3n) is 4.61. The molecule has 4 rings (SSSR count). The van der Waals surface area contributed by atoms with Crippen molar-refractivity contribution >= 4 is 20.9 Å². The van der Waals surface area contributed by atoms with Crippen molar-refractivity contribution in [1.29, 1.82) is 0 Å². The van der Waals surface area contributed by atoms with Crippen LogP contribution in [0.15, 0.2) is 53.6 Å². The standard InChI is InChI=1S/C19H19N3O2S/c1-13-7-8-21-19-17(13)3-2-4-18(19)25(23,24)22-10-14-5-6-15-11-20-12-16(15)9-14/h2-9,20,22H,10-12H2,1H3. The number of hydrogen-bond acceptors (Lipinski definition) is 4. The largest absolute Gasteiger partial charge is 0.309 e. The van der Waals surface area contributed by atoms with Crippen LogP contribution in [0.5, 0.6) is 0 Å². The normalized spacial score (nSPS) is 14.0. The Kier molecular flexibility index (Phi) is 4.03. The molecule has 2 N–H and O–H groups in total. The summed E-state index contributed by atoms with van der Waals surface area (Å²) >= 11 is 0. The first-order chi connectivity index (χ1) is 12.0. The van der Waals surface area contributed by atoms with Crippen molar-refractivity contribution in [1.82, 2.24) is 15.0 Å². The summed E-state index contributed by atoms with van der Waals surface area (Å²) in [6, 6.07) is 13.2. The molecule has 0 unspecified atom stereocenters. The third kappa shape index (κ3) is 3.04. The second kappa shape index (κ2) is 6.22. The highest BCUT2D eigenvalue weighted by Gasteiger charge is 2.19. The van der Waals surface area contributed by atoms with Crippen molar-refractivity contribution in [3.8, 4) is 0 Å². The van der Waals surface area contributed by atoms with E-state index in [1.54, 1.807) is 18.3 Å². The molecule has 0 radical (unpaired) electrons. The average Bonchev–Trinajstić information content (AvgIpc) is 3.08. The van der Waals surface area contributed by atoms with Gasteiger partial charge in [-0.2, -0.15) is 0 Å². The van der Waals surface area contributed by atoms with E-state index in [0.29, 0.717) is 5.52 Å². The van der Waals surface area contributed by atoms with Crippen LogP contribution < -0.4 is 10.0 Å². The molecule has 6 heteroatoms. The fraction of sp³-hybridized carbons (Fsp3) is 0.211. The number of fused-ring (bicyclic) bond motifs is 2. The zero-order valence-electron chi connectivity index (χ0n) is 13.9. The Hall–Kier alpha value is -2.28. The quantitative estimate of drug-likeness (QED) is 0.756. The Labute approximate surface area is 147 Å². The maximum atomic E-state index is 12.8. The lowest BCUT2D eigenvalue weighted by molar-refractivity contribution is 0.582. The number of benzene rings is 2. The molecule has 0 amide bonds. The predicted molar refractivity (Wildman–Crippen MR) is 97.5 cm³/mol. The first-order valence-electron chi connectivity index (χ1n) is 8.20. The monoisotopic (exact) mass is 353 g/mol. The molecule has 0 spiro atoms. The van der Waals surface area contributed by atoms with Gasteiger partial charge in [0.2, 0.25) is 10.0 Å². The summed E-state index contributed by atoms with van der Waals surface area (Å²) in [7, 11) is -3.64. The molecule has 25 heavy (non-hydrogen) atoms. The van der Waals surface area contributed by atoms with Gasteiger partial charge in [-0.3, -0.25) is 4.98 Å². The van der Waals surface area contributed by atoms with Crippen LogP contribution in [0, 0.1) is 6.92 Å². The molecular weight excluding hydrogens is 334 g/mol.